The van der Waals surface area contributed by atoms with E-state index >= 15 is 0 Å². The summed E-state index contributed by atoms with van der Waals surface area (Å²) in [6.45, 7) is 1.64. The summed E-state index contributed by atoms with van der Waals surface area (Å²) < 4.78 is 0. The summed E-state index contributed by atoms with van der Waals surface area (Å²) in [4.78, 5) is 12.2. The fourth-order valence-electron chi connectivity index (χ4n) is 1.84. The number of carbonyl (C=O) groups is 1. The lowest BCUT2D eigenvalue weighted by Crippen LogP contribution is -2.14. The Morgan fingerprint density at radius 1 is 1.15 bits per heavy atom. The van der Waals surface area contributed by atoms with Crippen molar-refractivity contribution in [2.45, 2.75) is 13.0 Å². The number of hydrogen-bond acceptors (Lipinski definition) is 2. The van der Waals surface area contributed by atoms with Gasteiger partial charge in [0.2, 0.25) is 0 Å². The summed E-state index contributed by atoms with van der Waals surface area (Å²) in [6, 6.07) is 11.9. The van der Waals surface area contributed by atoms with Gasteiger partial charge in [0, 0.05) is 11.3 Å². The first-order chi connectivity index (χ1) is 9.50. The van der Waals surface area contributed by atoms with E-state index in [0.717, 1.165) is 0 Å². The van der Waals surface area contributed by atoms with Crippen LogP contribution in [-0.4, -0.2) is 11.0 Å². The van der Waals surface area contributed by atoms with Gasteiger partial charge in [0.25, 0.3) is 5.91 Å². The molecule has 0 aliphatic carbocycles. The normalized spacial score (nSPS) is 12.0. The molecule has 0 saturated heterocycles. The van der Waals surface area contributed by atoms with E-state index in [9.17, 15) is 9.90 Å². The second-order valence-electron chi connectivity index (χ2n) is 4.32. The highest BCUT2D eigenvalue weighted by Gasteiger charge is 2.15. The van der Waals surface area contributed by atoms with E-state index in [1.807, 2.05) is 0 Å². The van der Waals surface area contributed by atoms with Crippen LogP contribution >= 0.6 is 23.2 Å². The van der Waals surface area contributed by atoms with Crippen LogP contribution in [-0.2, 0) is 0 Å². The van der Waals surface area contributed by atoms with Gasteiger partial charge < -0.3 is 10.4 Å². The molecule has 5 heteroatoms. The van der Waals surface area contributed by atoms with Crippen LogP contribution in [0, 0.1) is 0 Å². The molecular weight excluding hydrogens is 297 g/mol. The van der Waals surface area contributed by atoms with E-state index in [1.165, 1.54) is 0 Å². The average Bonchev–Trinajstić information content (AvgIpc) is 2.42. The molecule has 104 valence electrons. The highest BCUT2D eigenvalue weighted by Crippen LogP contribution is 2.27. The Balaban J connectivity index is 2.31. The average molecular weight is 310 g/mol. The van der Waals surface area contributed by atoms with Gasteiger partial charge in [-0.2, -0.15) is 0 Å². The van der Waals surface area contributed by atoms with Crippen molar-refractivity contribution in [2.75, 3.05) is 5.32 Å². The van der Waals surface area contributed by atoms with Gasteiger partial charge in [-0.05, 0) is 25.1 Å². The lowest BCUT2D eigenvalue weighted by molar-refractivity contribution is 0.102. The van der Waals surface area contributed by atoms with Crippen molar-refractivity contribution in [1.82, 2.24) is 0 Å². The zero-order valence-electron chi connectivity index (χ0n) is 10.7. The zero-order valence-corrected chi connectivity index (χ0v) is 12.2. The molecule has 0 saturated carbocycles. The Labute approximate surface area is 127 Å². The number of anilines is 1. The first-order valence-electron chi connectivity index (χ1n) is 6.03. The summed E-state index contributed by atoms with van der Waals surface area (Å²) >= 11 is 11.9. The summed E-state index contributed by atoms with van der Waals surface area (Å²) in [5.41, 5.74) is 1.47. The predicted octanol–water partition coefficient (Wildman–Crippen LogP) is 4.30. The van der Waals surface area contributed by atoms with Gasteiger partial charge in [-0.25, -0.2) is 0 Å². The van der Waals surface area contributed by atoms with Crippen LogP contribution in [0.5, 0.6) is 0 Å². The van der Waals surface area contributed by atoms with Crippen LogP contribution in [0.4, 0.5) is 5.69 Å². The highest BCUT2D eigenvalue weighted by molar-refractivity contribution is 6.44. The monoisotopic (exact) mass is 309 g/mol. The number of rotatable bonds is 3. The first-order valence-corrected chi connectivity index (χ1v) is 6.78. The van der Waals surface area contributed by atoms with E-state index in [0.29, 0.717) is 21.8 Å². The molecule has 1 unspecified atom stereocenters. The van der Waals surface area contributed by atoms with Gasteiger partial charge in [-0.15, -0.1) is 0 Å². The molecule has 0 bridgehead atoms. The third kappa shape index (κ3) is 3.12. The van der Waals surface area contributed by atoms with Crippen LogP contribution in [0.15, 0.2) is 42.5 Å². The minimum Gasteiger partial charge on any atom is -0.389 e. The van der Waals surface area contributed by atoms with E-state index in [4.69, 9.17) is 23.2 Å². The lowest BCUT2D eigenvalue weighted by atomic mass is 10.1. The molecular formula is C15H13Cl2NO2. The van der Waals surface area contributed by atoms with Crippen molar-refractivity contribution in [2.24, 2.45) is 0 Å². The fraction of sp³-hybridized carbons (Fsp3) is 0.133. The molecule has 0 spiro atoms. The summed E-state index contributed by atoms with van der Waals surface area (Å²) in [7, 11) is 0. The van der Waals surface area contributed by atoms with Gasteiger partial charge in [-0.1, -0.05) is 47.5 Å². The van der Waals surface area contributed by atoms with Crippen LogP contribution in [0.2, 0.25) is 10.0 Å². The highest BCUT2D eigenvalue weighted by atomic mass is 35.5. The molecule has 0 heterocycles. The minimum atomic E-state index is -0.679. The van der Waals surface area contributed by atoms with E-state index in [-0.39, 0.29) is 10.9 Å². The second-order valence-corrected chi connectivity index (χ2v) is 5.10. The number of aliphatic hydroxyl groups excluding tert-OH is 1. The first kappa shape index (κ1) is 14.9. The van der Waals surface area contributed by atoms with Crippen molar-refractivity contribution < 1.29 is 9.90 Å². The van der Waals surface area contributed by atoms with Crippen molar-refractivity contribution in [1.29, 1.82) is 0 Å². The smallest absolute Gasteiger partial charge is 0.257 e. The van der Waals surface area contributed by atoms with Crippen molar-refractivity contribution in [3.8, 4) is 0 Å². The quantitative estimate of drug-likeness (QED) is 0.888. The van der Waals surface area contributed by atoms with Crippen LogP contribution in [0.25, 0.3) is 0 Å². The van der Waals surface area contributed by atoms with Crippen LogP contribution in [0.3, 0.4) is 0 Å². The largest absolute Gasteiger partial charge is 0.389 e. The lowest BCUT2D eigenvalue weighted by Gasteiger charge is -2.13. The molecule has 0 aliphatic heterocycles. The predicted molar refractivity (Wildman–Crippen MR) is 81.5 cm³/mol. The Bertz CT molecular complexity index is 642. The van der Waals surface area contributed by atoms with Crippen molar-refractivity contribution in [3.63, 3.8) is 0 Å². The Morgan fingerprint density at radius 3 is 2.55 bits per heavy atom. The Kier molecular flexibility index (Phi) is 4.65. The molecule has 0 radical (unpaired) electrons. The molecule has 3 nitrogen and oxygen atoms in total. The van der Waals surface area contributed by atoms with E-state index in [1.54, 1.807) is 49.4 Å². The Morgan fingerprint density at radius 2 is 1.85 bits per heavy atom. The maximum Gasteiger partial charge on any atom is 0.257 e. The summed E-state index contributed by atoms with van der Waals surface area (Å²) in [6.07, 6.45) is -0.679. The van der Waals surface area contributed by atoms with E-state index in [2.05, 4.69) is 5.32 Å². The maximum absolute atomic E-state index is 12.2. The van der Waals surface area contributed by atoms with E-state index < -0.39 is 6.10 Å². The molecule has 1 amide bonds. The fourth-order valence-corrected chi connectivity index (χ4v) is 2.23. The third-order valence-electron chi connectivity index (χ3n) is 2.86. The summed E-state index contributed by atoms with van der Waals surface area (Å²) in [5, 5.41) is 13.0. The SMILES string of the molecule is CC(O)c1ccccc1NC(=O)c1cccc(Cl)c1Cl. The molecule has 2 aromatic carbocycles. The van der Waals surface area contributed by atoms with Gasteiger partial charge in [-0.3, -0.25) is 4.79 Å². The van der Waals surface area contributed by atoms with Gasteiger partial charge in [0.05, 0.1) is 21.7 Å². The molecule has 0 aromatic heterocycles. The number of carbonyl (C=O) groups excluding carboxylic acids is 1. The molecule has 2 rings (SSSR count). The van der Waals surface area contributed by atoms with Gasteiger partial charge >= 0.3 is 0 Å². The van der Waals surface area contributed by atoms with Crippen LogP contribution in [0.1, 0.15) is 28.9 Å². The molecule has 20 heavy (non-hydrogen) atoms. The van der Waals surface area contributed by atoms with Gasteiger partial charge in [0.15, 0.2) is 0 Å². The zero-order chi connectivity index (χ0) is 14.7. The number of benzene rings is 2. The Hall–Kier alpha value is -1.55. The van der Waals surface area contributed by atoms with Gasteiger partial charge in [0.1, 0.15) is 0 Å². The minimum absolute atomic E-state index is 0.209. The number of hydrogen-bond donors (Lipinski definition) is 2. The summed E-state index contributed by atoms with van der Waals surface area (Å²) in [5.74, 6) is -0.370. The number of para-hydroxylation sites is 1. The molecule has 0 aliphatic rings. The van der Waals surface area contributed by atoms with Crippen molar-refractivity contribution >= 4 is 34.8 Å². The van der Waals surface area contributed by atoms with Crippen LogP contribution < -0.4 is 5.32 Å². The third-order valence-corrected chi connectivity index (χ3v) is 3.67. The second kappa shape index (κ2) is 6.27. The number of nitrogens with one attached hydrogen (secondary N) is 1. The maximum atomic E-state index is 12.2. The number of aliphatic hydroxyl groups is 1. The molecule has 0 fully saturated rings. The standard InChI is InChI=1S/C15H13Cl2NO2/c1-9(19)10-5-2-3-8-13(10)18-15(20)11-6-4-7-12(16)14(11)17/h2-9,19H,1H3,(H,18,20). The van der Waals surface area contributed by atoms with Crippen molar-refractivity contribution in [3.05, 3.63) is 63.6 Å². The molecule has 2 aromatic rings. The molecule has 2 N–H and O–H groups in total. The number of amides is 1. The topological polar surface area (TPSA) is 49.3 Å². The molecule has 1 atom stereocenters. The number of halogens is 2.